The number of hydrogen-bond donors (Lipinski definition) is 1. The Morgan fingerprint density at radius 3 is 2.81 bits per heavy atom. The summed E-state index contributed by atoms with van der Waals surface area (Å²) in [6.45, 7) is 1.10. The lowest BCUT2D eigenvalue weighted by Gasteiger charge is -2.11. The summed E-state index contributed by atoms with van der Waals surface area (Å²) in [4.78, 5) is 13.9. The molecule has 3 rings (SSSR count). The van der Waals surface area contributed by atoms with E-state index in [0.29, 0.717) is 12.6 Å². The second-order valence-corrected chi connectivity index (χ2v) is 5.63. The summed E-state index contributed by atoms with van der Waals surface area (Å²) in [6.07, 6.45) is 4.19. The monoisotopic (exact) mass is 288 g/mol. The van der Waals surface area contributed by atoms with Crippen LogP contribution in [0, 0.1) is 0 Å². The average Bonchev–Trinajstić information content (AvgIpc) is 3.18. The first-order valence-corrected chi connectivity index (χ1v) is 7.17. The summed E-state index contributed by atoms with van der Waals surface area (Å²) in [5.74, 6) is 1.64. The SMILES string of the molecule is CN(C)c1cnn(Cc2ccc(CNC3CC3)o2)c(=O)c1. The summed E-state index contributed by atoms with van der Waals surface area (Å²) in [6, 6.07) is 6.08. The zero-order valence-electron chi connectivity index (χ0n) is 12.4. The number of rotatable bonds is 6. The van der Waals surface area contributed by atoms with Crippen LogP contribution in [0.5, 0.6) is 0 Å². The average molecular weight is 288 g/mol. The fourth-order valence-corrected chi connectivity index (χ4v) is 2.07. The van der Waals surface area contributed by atoms with Crippen LogP contribution in [-0.2, 0) is 13.1 Å². The number of nitrogens with one attached hydrogen (secondary N) is 1. The van der Waals surface area contributed by atoms with Gasteiger partial charge in [0, 0.05) is 26.2 Å². The van der Waals surface area contributed by atoms with E-state index in [2.05, 4.69) is 10.4 Å². The van der Waals surface area contributed by atoms with Crippen LogP contribution in [0.2, 0.25) is 0 Å². The predicted octanol–water partition coefficient (Wildman–Crippen LogP) is 1.20. The Morgan fingerprint density at radius 2 is 2.14 bits per heavy atom. The van der Waals surface area contributed by atoms with Crippen molar-refractivity contribution in [3.63, 3.8) is 0 Å². The molecule has 0 atom stereocenters. The minimum Gasteiger partial charge on any atom is -0.463 e. The highest BCUT2D eigenvalue weighted by Gasteiger charge is 2.20. The van der Waals surface area contributed by atoms with E-state index in [4.69, 9.17) is 4.42 Å². The topological polar surface area (TPSA) is 63.3 Å². The molecule has 0 aliphatic heterocycles. The van der Waals surface area contributed by atoms with E-state index in [1.165, 1.54) is 17.5 Å². The molecule has 6 heteroatoms. The Balaban J connectivity index is 1.66. The van der Waals surface area contributed by atoms with Gasteiger partial charge < -0.3 is 14.6 Å². The molecule has 21 heavy (non-hydrogen) atoms. The number of nitrogens with zero attached hydrogens (tertiary/aromatic N) is 3. The summed E-state index contributed by atoms with van der Waals surface area (Å²) < 4.78 is 7.13. The molecule has 1 aliphatic carbocycles. The first kappa shape index (κ1) is 13.9. The van der Waals surface area contributed by atoms with Gasteiger partial charge >= 0.3 is 0 Å². The molecule has 0 aromatic carbocycles. The predicted molar refractivity (Wildman–Crippen MR) is 80.5 cm³/mol. The zero-order chi connectivity index (χ0) is 14.8. The normalized spacial score (nSPS) is 14.4. The lowest BCUT2D eigenvalue weighted by atomic mass is 10.4. The van der Waals surface area contributed by atoms with Gasteiger partial charge in [-0.1, -0.05) is 0 Å². The van der Waals surface area contributed by atoms with Crippen molar-refractivity contribution in [2.24, 2.45) is 0 Å². The van der Waals surface area contributed by atoms with Gasteiger partial charge in [-0.15, -0.1) is 0 Å². The molecule has 0 spiro atoms. The quantitative estimate of drug-likeness (QED) is 0.865. The van der Waals surface area contributed by atoms with E-state index in [1.54, 1.807) is 12.3 Å². The van der Waals surface area contributed by atoms with E-state index in [0.717, 1.165) is 23.8 Å². The number of anilines is 1. The van der Waals surface area contributed by atoms with Gasteiger partial charge in [0.05, 0.1) is 18.4 Å². The number of furan rings is 1. The van der Waals surface area contributed by atoms with Crippen molar-refractivity contribution in [1.29, 1.82) is 0 Å². The van der Waals surface area contributed by atoms with Crippen LogP contribution in [0.4, 0.5) is 5.69 Å². The molecule has 1 aliphatic rings. The van der Waals surface area contributed by atoms with Crippen molar-refractivity contribution in [3.8, 4) is 0 Å². The molecule has 0 bridgehead atoms. The van der Waals surface area contributed by atoms with Crippen LogP contribution < -0.4 is 15.8 Å². The first-order chi connectivity index (χ1) is 10.1. The third-order valence-corrected chi connectivity index (χ3v) is 3.54. The van der Waals surface area contributed by atoms with Gasteiger partial charge in [0.2, 0.25) is 0 Å². The largest absolute Gasteiger partial charge is 0.463 e. The fraction of sp³-hybridized carbons (Fsp3) is 0.467. The van der Waals surface area contributed by atoms with E-state index in [9.17, 15) is 4.79 Å². The molecular weight excluding hydrogens is 268 g/mol. The van der Waals surface area contributed by atoms with Gasteiger partial charge in [0.15, 0.2) is 0 Å². The van der Waals surface area contributed by atoms with Crippen molar-refractivity contribution >= 4 is 5.69 Å². The maximum atomic E-state index is 12.0. The van der Waals surface area contributed by atoms with Crippen molar-refractivity contribution in [2.75, 3.05) is 19.0 Å². The molecule has 0 saturated heterocycles. The van der Waals surface area contributed by atoms with Crippen LogP contribution in [-0.4, -0.2) is 29.9 Å². The van der Waals surface area contributed by atoms with Crippen LogP contribution in [0.15, 0.2) is 33.6 Å². The Kier molecular flexibility index (Phi) is 3.79. The zero-order valence-corrected chi connectivity index (χ0v) is 12.4. The molecule has 2 aromatic rings. The molecule has 0 amide bonds. The number of hydrogen-bond acceptors (Lipinski definition) is 5. The fourth-order valence-electron chi connectivity index (χ4n) is 2.07. The molecule has 112 valence electrons. The summed E-state index contributed by atoms with van der Waals surface area (Å²) >= 11 is 0. The molecule has 1 N–H and O–H groups in total. The molecule has 1 fully saturated rings. The standard InChI is InChI=1S/C15H20N4O2/c1-18(2)12-7-15(20)19(17-8-12)10-14-6-5-13(21-14)9-16-11-3-4-11/h5-8,11,16H,3-4,9-10H2,1-2H3. The third kappa shape index (κ3) is 3.52. The van der Waals surface area contributed by atoms with Crippen LogP contribution >= 0.6 is 0 Å². The maximum absolute atomic E-state index is 12.0. The molecule has 0 radical (unpaired) electrons. The van der Waals surface area contributed by atoms with Gasteiger partial charge in [0.25, 0.3) is 5.56 Å². The highest BCUT2D eigenvalue weighted by molar-refractivity contribution is 5.40. The minimum atomic E-state index is -0.129. The van der Waals surface area contributed by atoms with Gasteiger partial charge in [0.1, 0.15) is 18.1 Å². The molecule has 2 aromatic heterocycles. The highest BCUT2D eigenvalue weighted by Crippen LogP contribution is 2.19. The van der Waals surface area contributed by atoms with Gasteiger partial charge in [-0.2, -0.15) is 5.10 Å². The van der Waals surface area contributed by atoms with E-state index in [-0.39, 0.29) is 5.56 Å². The molecular formula is C15H20N4O2. The van der Waals surface area contributed by atoms with E-state index >= 15 is 0 Å². The Labute approximate surface area is 123 Å². The highest BCUT2D eigenvalue weighted by atomic mass is 16.3. The lowest BCUT2D eigenvalue weighted by molar-refractivity contribution is 0.425. The Bertz CT molecular complexity index is 670. The van der Waals surface area contributed by atoms with Gasteiger partial charge in [-0.3, -0.25) is 4.79 Å². The van der Waals surface area contributed by atoms with Gasteiger partial charge in [-0.05, 0) is 25.0 Å². The molecule has 6 nitrogen and oxygen atoms in total. The summed E-state index contributed by atoms with van der Waals surface area (Å²) in [5, 5.41) is 7.57. The Hall–Kier alpha value is -2.08. The maximum Gasteiger partial charge on any atom is 0.269 e. The molecule has 0 unspecified atom stereocenters. The van der Waals surface area contributed by atoms with Crippen molar-refractivity contribution in [2.45, 2.75) is 32.0 Å². The Morgan fingerprint density at radius 1 is 1.38 bits per heavy atom. The lowest BCUT2D eigenvalue weighted by Crippen LogP contribution is -2.24. The smallest absolute Gasteiger partial charge is 0.269 e. The minimum absolute atomic E-state index is 0.129. The van der Waals surface area contributed by atoms with Gasteiger partial charge in [-0.25, -0.2) is 4.68 Å². The van der Waals surface area contributed by atoms with Crippen molar-refractivity contribution in [1.82, 2.24) is 15.1 Å². The molecule has 1 saturated carbocycles. The van der Waals surface area contributed by atoms with Crippen molar-refractivity contribution in [3.05, 3.63) is 46.3 Å². The van der Waals surface area contributed by atoms with E-state index < -0.39 is 0 Å². The van der Waals surface area contributed by atoms with Crippen LogP contribution in [0.1, 0.15) is 24.4 Å². The second-order valence-electron chi connectivity index (χ2n) is 5.63. The molecule has 2 heterocycles. The van der Waals surface area contributed by atoms with Crippen molar-refractivity contribution < 1.29 is 4.42 Å². The second kappa shape index (κ2) is 5.73. The van der Waals surface area contributed by atoms with E-state index in [1.807, 2.05) is 31.1 Å². The third-order valence-electron chi connectivity index (χ3n) is 3.54. The number of aromatic nitrogens is 2. The summed E-state index contributed by atoms with van der Waals surface area (Å²) in [7, 11) is 3.76. The first-order valence-electron chi connectivity index (χ1n) is 7.17. The van der Waals surface area contributed by atoms with Crippen LogP contribution in [0.25, 0.3) is 0 Å². The summed E-state index contributed by atoms with van der Waals surface area (Å²) in [5.41, 5.74) is 0.667. The van der Waals surface area contributed by atoms with Crippen LogP contribution in [0.3, 0.4) is 0 Å².